The van der Waals surface area contributed by atoms with Gasteiger partial charge < -0.3 is 20.4 Å². The van der Waals surface area contributed by atoms with Gasteiger partial charge >= 0.3 is 0 Å². The molecule has 0 unspecified atom stereocenters. The van der Waals surface area contributed by atoms with Crippen molar-refractivity contribution in [2.75, 3.05) is 56.0 Å². The third kappa shape index (κ3) is 6.27. The van der Waals surface area contributed by atoms with E-state index in [9.17, 15) is 13.6 Å². The van der Waals surface area contributed by atoms with E-state index in [1.54, 1.807) is 19.3 Å². The van der Waals surface area contributed by atoms with Crippen LogP contribution in [-0.2, 0) is 4.79 Å². The molecule has 200 valence electrons. The first-order valence-corrected chi connectivity index (χ1v) is 12.0. The second-order valence-corrected chi connectivity index (χ2v) is 9.11. The minimum atomic E-state index is -2.72. The SMILES string of the molecule is C.CC(=O)N1CCN(c2ccc(-c3cc4nccnc4c(NC[C@@H]4CNCCC4(F)F)n3)cc2)CC1.S. The lowest BCUT2D eigenvalue weighted by atomic mass is 9.95. The van der Waals surface area contributed by atoms with Crippen LogP contribution in [-0.4, -0.2) is 77.5 Å². The van der Waals surface area contributed by atoms with Gasteiger partial charge in [0, 0.05) is 82.8 Å². The molecular weight excluding hydrogens is 496 g/mol. The van der Waals surface area contributed by atoms with Gasteiger partial charge in [-0.2, -0.15) is 13.5 Å². The number of aromatic nitrogens is 3. The number of pyridine rings is 1. The number of alkyl halides is 2. The molecule has 0 spiro atoms. The Labute approximate surface area is 223 Å². The molecule has 2 aliphatic heterocycles. The maximum atomic E-state index is 14.3. The molecule has 1 atom stereocenters. The lowest BCUT2D eigenvalue weighted by Gasteiger charge is -2.35. The van der Waals surface area contributed by atoms with Crippen molar-refractivity contribution in [3.63, 3.8) is 0 Å². The summed E-state index contributed by atoms with van der Waals surface area (Å²) in [7, 11) is 0. The summed E-state index contributed by atoms with van der Waals surface area (Å²) >= 11 is 0. The van der Waals surface area contributed by atoms with Gasteiger partial charge in [0.2, 0.25) is 5.91 Å². The van der Waals surface area contributed by atoms with Crippen molar-refractivity contribution in [3.05, 3.63) is 42.7 Å². The van der Waals surface area contributed by atoms with E-state index < -0.39 is 11.8 Å². The van der Waals surface area contributed by atoms with Crippen LogP contribution in [0.5, 0.6) is 0 Å². The first-order chi connectivity index (χ1) is 16.9. The number of nitrogens with zero attached hydrogens (tertiary/aromatic N) is 5. The molecule has 2 aliphatic rings. The summed E-state index contributed by atoms with van der Waals surface area (Å²) in [5.41, 5.74) is 3.89. The Morgan fingerprint density at radius 3 is 2.51 bits per heavy atom. The monoisotopic (exact) mass is 531 g/mol. The van der Waals surface area contributed by atoms with E-state index in [1.807, 2.05) is 35.2 Å². The minimum absolute atomic E-state index is 0. The summed E-state index contributed by atoms with van der Waals surface area (Å²) in [6.45, 7) is 5.28. The molecule has 2 saturated heterocycles. The van der Waals surface area contributed by atoms with E-state index in [0.717, 1.165) is 24.3 Å². The van der Waals surface area contributed by atoms with Crippen LogP contribution in [0.3, 0.4) is 0 Å². The number of carbonyl (C=O) groups excluding carboxylic acids is 1. The summed E-state index contributed by atoms with van der Waals surface area (Å²) in [5, 5.41) is 6.18. The van der Waals surface area contributed by atoms with Gasteiger partial charge in [-0.15, -0.1) is 0 Å². The van der Waals surface area contributed by atoms with E-state index >= 15 is 0 Å². The molecule has 11 heteroatoms. The number of piperazine rings is 1. The van der Waals surface area contributed by atoms with Crippen molar-refractivity contribution >= 4 is 41.9 Å². The van der Waals surface area contributed by atoms with Crippen molar-refractivity contribution < 1.29 is 13.6 Å². The van der Waals surface area contributed by atoms with Crippen LogP contribution >= 0.6 is 13.5 Å². The molecule has 2 N–H and O–H groups in total. The van der Waals surface area contributed by atoms with Crippen molar-refractivity contribution in [2.45, 2.75) is 26.7 Å². The van der Waals surface area contributed by atoms with Gasteiger partial charge in [0.15, 0.2) is 5.82 Å². The molecule has 0 radical (unpaired) electrons. The lowest BCUT2D eigenvalue weighted by molar-refractivity contribution is -0.129. The van der Waals surface area contributed by atoms with Gasteiger partial charge in [-0.3, -0.25) is 9.78 Å². The first-order valence-electron chi connectivity index (χ1n) is 12.0. The summed E-state index contributed by atoms with van der Waals surface area (Å²) in [6, 6.07) is 9.96. The Morgan fingerprint density at radius 1 is 1.14 bits per heavy atom. The molecule has 0 aliphatic carbocycles. The Morgan fingerprint density at radius 2 is 1.84 bits per heavy atom. The number of hydrogen-bond acceptors (Lipinski definition) is 7. The predicted octanol–water partition coefficient (Wildman–Crippen LogP) is 3.77. The zero-order valence-electron chi connectivity index (χ0n) is 20.2. The number of benzene rings is 1. The molecule has 8 nitrogen and oxygen atoms in total. The number of anilines is 2. The molecule has 0 saturated carbocycles. The Kier molecular flexibility index (Phi) is 9.25. The highest BCUT2D eigenvalue weighted by Crippen LogP contribution is 2.32. The maximum Gasteiger partial charge on any atom is 0.255 e. The average Bonchev–Trinajstić information content (AvgIpc) is 2.87. The van der Waals surface area contributed by atoms with Crippen molar-refractivity contribution in [1.82, 2.24) is 25.2 Å². The molecule has 4 heterocycles. The van der Waals surface area contributed by atoms with Crippen LogP contribution < -0.4 is 15.5 Å². The summed E-state index contributed by atoms with van der Waals surface area (Å²) in [5.74, 6) is -2.98. The van der Waals surface area contributed by atoms with Crippen LogP contribution in [0.2, 0.25) is 0 Å². The number of rotatable bonds is 5. The number of hydrogen-bond donors (Lipinski definition) is 2. The highest BCUT2D eigenvalue weighted by atomic mass is 32.1. The van der Waals surface area contributed by atoms with Crippen LogP contribution in [0.4, 0.5) is 20.3 Å². The molecule has 3 aromatic rings. The molecule has 2 aromatic heterocycles. The van der Waals surface area contributed by atoms with Crippen LogP contribution in [0.1, 0.15) is 20.8 Å². The molecule has 5 rings (SSSR count). The second kappa shape index (κ2) is 12.0. The third-order valence-electron chi connectivity index (χ3n) is 6.85. The predicted molar refractivity (Wildman–Crippen MR) is 149 cm³/mol. The molecule has 1 amide bonds. The molecule has 0 bridgehead atoms. The number of fused-ring (bicyclic) bond motifs is 1. The van der Waals surface area contributed by atoms with E-state index in [-0.39, 0.29) is 46.3 Å². The standard InChI is InChI=1S/C25H29F2N7O.CH4.H2S/c1-17(35)33-10-12-34(13-11-33)20-4-2-18(3-5-20)21-14-22-23(30-9-8-29-22)24(32-21)31-16-19-15-28-7-6-25(19,26)27;;/h2-5,8-9,14,19,28H,6-7,10-13,15-16H2,1H3,(H,31,32);1H4;1H2/t19-;;/m0../s1. The zero-order valence-corrected chi connectivity index (χ0v) is 21.2. The van der Waals surface area contributed by atoms with Crippen molar-refractivity contribution in [2.24, 2.45) is 5.92 Å². The van der Waals surface area contributed by atoms with Crippen LogP contribution in [0.15, 0.2) is 42.7 Å². The summed E-state index contributed by atoms with van der Waals surface area (Å²) in [4.78, 5) is 29.2. The van der Waals surface area contributed by atoms with Crippen LogP contribution in [0, 0.1) is 5.92 Å². The lowest BCUT2D eigenvalue weighted by Crippen LogP contribution is -2.48. The van der Waals surface area contributed by atoms with Gasteiger partial charge in [-0.25, -0.2) is 18.7 Å². The largest absolute Gasteiger partial charge is 0.368 e. The normalized spacial score (nSPS) is 19.1. The Balaban J connectivity index is 0.00000190. The Bertz CT molecular complexity index is 1200. The maximum absolute atomic E-state index is 14.3. The molecular formula is C26H35F2N7OS. The Hall–Kier alpha value is -3.05. The van der Waals surface area contributed by atoms with E-state index in [0.29, 0.717) is 42.2 Å². The van der Waals surface area contributed by atoms with E-state index in [2.05, 4.69) is 25.5 Å². The van der Waals surface area contributed by atoms with Crippen molar-refractivity contribution in [1.29, 1.82) is 0 Å². The molecule has 1 aromatic carbocycles. The molecule has 2 fully saturated rings. The summed E-state index contributed by atoms with van der Waals surface area (Å²) < 4.78 is 28.7. The van der Waals surface area contributed by atoms with Gasteiger partial charge in [-0.05, 0) is 18.2 Å². The molecule has 37 heavy (non-hydrogen) atoms. The van der Waals surface area contributed by atoms with Gasteiger partial charge in [-0.1, -0.05) is 19.6 Å². The topological polar surface area (TPSA) is 86.3 Å². The number of amides is 1. The fraction of sp³-hybridized carbons (Fsp3) is 0.462. The minimum Gasteiger partial charge on any atom is -0.368 e. The second-order valence-electron chi connectivity index (χ2n) is 9.11. The van der Waals surface area contributed by atoms with Gasteiger partial charge in [0.1, 0.15) is 5.52 Å². The average molecular weight is 532 g/mol. The number of carbonyl (C=O) groups is 1. The van der Waals surface area contributed by atoms with Gasteiger partial charge in [0.05, 0.1) is 17.1 Å². The first kappa shape index (κ1) is 28.5. The quantitative estimate of drug-likeness (QED) is 0.519. The number of nitrogens with one attached hydrogen (secondary N) is 2. The van der Waals surface area contributed by atoms with Crippen LogP contribution in [0.25, 0.3) is 22.3 Å². The fourth-order valence-corrected chi connectivity index (χ4v) is 4.69. The fourth-order valence-electron chi connectivity index (χ4n) is 4.69. The summed E-state index contributed by atoms with van der Waals surface area (Å²) in [6.07, 6.45) is 3.02. The zero-order chi connectivity index (χ0) is 24.4. The van der Waals surface area contributed by atoms with Gasteiger partial charge in [0.25, 0.3) is 5.92 Å². The van der Waals surface area contributed by atoms with E-state index in [1.165, 1.54) is 0 Å². The smallest absolute Gasteiger partial charge is 0.255 e. The van der Waals surface area contributed by atoms with Crippen molar-refractivity contribution in [3.8, 4) is 11.3 Å². The number of piperidine rings is 1. The number of halogens is 2. The highest BCUT2D eigenvalue weighted by Gasteiger charge is 2.41. The van der Waals surface area contributed by atoms with E-state index in [4.69, 9.17) is 4.98 Å². The third-order valence-corrected chi connectivity index (χ3v) is 6.85. The highest BCUT2D eigenvalue weighted by molar-refractivity contribution is 7.59.